The number of methoxy groups -OCH3 is 1. The quantitative estimate of drug-likeness (QED) is 0.345. The van der Waals surface area contributed by atoms with Crippen LogP contribution in [0.5, 0.6) is 5.75 Å². The molecule has 0 saturated carbocycles. The Bertz CT molecular complexity index is 552. The predicted octanol–water partition coefficient (Wildman–Crippen LogP) is -0.0999. The Hall–Kier alpha value is -1.34. The van der Waals surface area contributed by atoms with Crippen LogP contribution in [0, 0.1) is 41.8 Å². The number of aliphatic carboxylic acids is 1. The zero-order chi connectivity index (χ0) is 15.6. The molecule has 110 valence electrons. The van der Waals surface area contributed by atoms with Crippen LogP contribution in [0.25, 0.3) is 0 Å². The van der Waals surface area contributed by atoms with E-state index < -0.39 is 47.0 Å². The van der Waals surface area contributed by atoms with Gasteiger partial charge in [0.1, 0.15) is 0 Å². The summed E-state index contributed by atoms with van der Waals surface area (Å²) in [5.41, 5.74) is 9.18. The molecule has 0 aromatic heterocycles. The van der Waals surface area contributed by atoms with Crippen LogP contribution in [0.2, 0.25) is 0 Å². The van der Waals surface area contributed by atoms with E-state index in [0.29, 0.717) is 0 Å². The van der Waals surface area contributed by atoms with Crippen molar-refractivity contribution in [1.29, 1.82) is 5.41 Å². The van der Waals surface area contributed by atoms with Gasteiger partial charge in [-0.25, -0.2) is 0 Å². The van der Waals surface area contributed by atoms with Gasteiger partial charge in [0.2, 0.25) is 0 Å². The SMILES string of the molecule is COc1c(F)c(N)c(C(=N)CC(N)C(=O)O)c(F)c1[At]. The second-order valence-electron chi connectivity index (χ2n) is 3.89. The third-order valence-electron chi connectivity index (χ3n) is 2.56. The van der Waals surface area contributed by atoms with Crippen molar-refractivity contribution in [3.63, 3.8) is 0 Å². The van der Waals surface area contributed by atoms with Gasteiger partial charge in [0.25, 0.3) is 0 Å². The Labute approximate surface area is 128 Å². The summed E-state index contributed by atoms with van der Waals surface area (Å²) in [6, 6.07) is -1.39. The van der Waals surface area contributed by atoms with Crippen LogP contribution in [-0.2, 0) is 4.79 Å². The molecule has 6 N–H and O–H groups in total. The predicted molar refractivity (Wildman–Crippen MR) is 64.0 cm³/mol. The van der Waals surface area contributed by atoms with E-state index in [2.05, 4.69) is 0 Å². The van der Waals surface area contributed by atoms with Gasteiger partial charge in [-0.1, -0.05) is 0 Å². The number of benzene rings is 1. The topological polar surface area (TPSA) is 122 Å². The number of anilines is 1. The fourth-order valence-corrected chi connectivity index (χ4v) is 2.53. The minimum atomic E-state index is -1.39. The number of nitrogens with one attached hydrogen (secondary N) is 1. The molecule has 1 aromatic rings. The molecule has 1 rings (SSSR count). The molecule has 1 atom stereocenters. The molecule has 0 aliphatic rings. The van der Waals surface area contributed by atoms with Gasteiger partial charge >= 0.3 is 128 Å². The summed E-state index contributed by atoms with van der Waals surface area (Å²) < 4.78 is 32.7. The number of nitrogen functional groups attached to an aromatic ring is 1. The number of carboxylic acids is 1. The number of carboxylic acid groups (broad SMARTS) is 1. The van der Waals surface area contributed by atoms with Crippen molar-refractivity contribution in [2.24, 2.45) is 5.73 Å². The van der Waals surface area contributed by atoms with Gasteiger partial charge in [-0.05, 0) is 0 Å². The average molecular weight is 482 g/mol. The molecule has 0 saturated heterocycles. The van der Waals surface area contributed by atoms with Crippen LogP contribution in [0.15, 0.2) is 0 Å². The van der Waals surface area contributed by atoms with E-state index in [0.717, 1.165) is 24.7 Å². The van der Waals surface area contributed by atoms with Gasteiger partial charge in [-0.3, -0.25) is 0 Å². The van der Waals surface area contributed by atoms with Crippen LogP contribution in [-0.4, -0.2) is 29.9 Å². The Kier molecular flexibility index (Phi) is 5.36. The summed E-state index contributed by atoms with van der Waals surface area (Å²) in [7, 11) is 1.17. The van der Waals surface area contributed by atoms with Crippen molar-refractivity contribution in [3.8, 4) is 5.75 Å². The third kappa shape index (κ3) is 3.04. The van der Waals surface area contributed by atoms with Crippen LogP contribution < -0.4 is 19.5 Å². The maximum absolute atomic E-state index is 14.2. The molecular weight excluding hydrogens is 470 g/mol. The number of nitrogens with two attached hydrogens (primary N) is 2. The van der Waals surface area contributed by atoms with Crippen LogP contribution >= 0.6 is 0 Å². The molecule has 6 nitrogen and oxygen atoms in total. The first-order valence-corrected chi connectivity index (χ1v) is 6.75. The second-order valence-corrected chi connectivity index (χ2v) is 5.36. The molecule has 0 aliphatic carbocycles. The zero-order valence-corrected chi connectivity index (χ0v) is 13.3. The molecule has 0 aliphatic heterocycles. The fraction of sp³-hybridized carbons (Fsp3) is 0.273. The molecule has 9 heteroatoms. The molecule has 20 heavy (non-hydrogen) atoms. The number of carbonyl (C=O) groups is 1. The summed E-state index contributed by atoms with van der Waals surface area (Å²) in [6.07, 6.45) is -0.464. The first-order valence-electron chi connectivity index (χ1n) is 5.28. The molecule has 1 aromatic carbocycles. The summed E-state index contributed by atoms with van der Waals surface area (Å²) in [4.78, 5) is 10.6. The van der Waals surface area contributed by atoms with E-state index in [4.69, 9.17) is 26.7 Å². The Morgan fingerprint density at radius 1 is 1.50 bits per heavy atom. The Balaban J connectivity index is 3.33. The number of ether oxygens (including phenoxy) is 1. The molecule has 0 radical (unpaired) electrons. The van der Waals surface area contributed by atoms with Gasteiger partial charge in [0, 0.05) is 0 Å². The van der Waals surface area contributed by atoms with E-state index in [1.165, 1.54) is 7.11 Å². The van der Waals surface area contributed by atoms with Gasteiger partial charge in [-0.2, -0.15) is 0 Å². The van der Waals surface area contributed by atoms with Crippen molar-refractivity contribution in [3.05, 3.63) is 17.2 Å². The molecule has 0 bridgehead atoms. The standard InChI is InChI=1S/C11H12AtF2N3O3/c1-20-10-6(12)7(13)5(9(17)8(10)14)3(15)2-4(16)11(18)19/h4,15H,2,16-17H2,1H3,(H,18,19). The summed E-state index contributed by atoms with van der Waals surface area (Å²) in [6.45, 7) is 0. The third-order valence-corrected chi connectivity index (χ3v) is 3.88. The molecule has 0 spiro atoms. The van der Waals surface area contributed by atoms with E-state index in [9.17, 15) is 13.6 Å². The fourth-order valence-electron chi connectivity index (χ4n) is 1.54. The van der Waals surface area contributed by atoms with E-state index in [1.807, 2.05) is 0 Å². The monoisotopic (exact) mass is 482 g/mol. The number of hydrogen-bond donors (Lipinski definition) is 4. The first kappa shape index (κ1) is 16.7. The Morgan fingerprint density at radius 3 is 2.50 bits per heavy atom. The molecule has 0 fully saturated rings. The van der Waals surface area contributed by atoms with Gasteiger partial charge < -0.3 is 0 Å². The molecular formula is C11H12AtF2N3O3. The van der Waals surface area contributed by atoms with Crippen LogP contribution in [0.4, 0.5) is 14.5 Å². The van der Waals surface area contributed by atoms with E-state index in [-0.39, 0.29) is 9.02 Å². The summed E-state index contributed by atoms with van der Waals surface area (Å²) in [5.74, 6) is -3.55. The summed E-state index contributed by atoms with van der Waals surface area (Å²) in [5, 5.41) is 16.4. The van der Waals surface area contributed by atoms with Crippen molar-refractivity contribution >= 4 is 20.6 Å². The molecule has 1 unspecified atom stereocenters. The first-order chi connectivity index (χ1) is 9.22. The normalized spacial score (nSPS) is 12.1. The van der Waals surface area contributed by atoms with E-state index in [1.54, 1.807) is 0 Å². The zero-order valence-electron chi connectivity index (χ0n) is 10.3. The number of rotatable bonds is 5. The average Bonchev–Trinajstić information content (AvgIpc) is 2.37. The van der Waals surface area contributed by atoms with Crippen molar-refractivity contribution in [1.82, 2.24) is 0 Å². The summed E-state index contributed by atoms with van der Waals surface area (Å²) >= 11 is 0.815. The molecule has 0 heterocycles. The number of halogens is 2. The number of hydrogen-bond acceptors (Lipinski definition) is 5. The minimum absolute atomic E-state index is 0.0946. The van der Waals surface area contributed by atoms with Crippen molar-refractivity contribution in [2.45, 2.75) is 12.5 Å². The van der Waals surface area contributed by atoms with Gasteiger partial charge in [-0.15, -0.1) is 0 Å². The van der Waals surface area contributed by atoms with E-state index >= 15 is 0 Å². The maximum atomic E-state index is 14.2. The second kappa shape index (κ2) is 6.41. The molecule has 0 amide bonds. The van der Waals surface area contributed by atoms with Crippen LogP contribution in [0.1, 0.15) is 12.0 Å². The van der Waals surface area contributed by atoms with Gasteiger partial charge in [0.05, 0.1) is 0 Å². The van der Waals surface area contributed by atoms with Gasteiger partial charge in [0.15, 0.2) is 0 Å². The Morgan fingerprint density at radius 2 is 2.05 bits per heavy atom. The van der Waals surface area contributed by atoms with Crippen molar-refractivity contribution in [2.75, 3.05) is 12.8 Å². The van der Waals surface area contributed by atoms with Crippen molar-refractivity contribution < 1.29 is 48.1 Å². The van der Waals surface area contributed by atoms with Crippen LogP contribution in [0.3, 0.4) is 0 Å².